The maximum absolute atomic E-state index is 12.0. The van der Waals surface area contributed by atoms with Gasteiger partial charge < -0.3 is 12.9 Å². The van der Waals surface area contributed by atoms with Crippen molar-refractivity contribution in [2.45, 2.75) is 20.8 Å². The van der Waals surface area contributed by atoms with Gasteiger partial charge in [-0.25, -0.2) is 0 Å². The first-order chi connectivity index (χ1) is 6.79. The Morgan fingerprint density at radius 1 is 0.933 bits per heavy atom. The van der Waals surface area contributed by atoms with E-state index in [1.165, 1.54) is 0 Å². The minimum atomic E-state index is -4.84. The SMILES string of the molecule is Cc1cc(C)c(/C=C/[B-](F)(F)F)cc1C. The van der Waals surface area contributed by atoms with E-state index in [-0.39, 0.29) is 0 Å². The molecule has 0 saturated carbocycles. The fraction of sp³-hybridized carbons (Fsp3) is 0.273. The van der Waals surface area contributed by atoms with Crippen molar-refractivity contribution in [3.8, 4) is 0 Å². The maximum atomic E-state index is 12.0. The third-order valence-corrected chi connectivity index (χ3v) is 2.38. The van der Waals surface area contributed by atoms with Crippen molar-refractivity contribution in [2.75, 3.05) is 0 Å². The molecule has 0 saturated heterocycles. The van der Waals surface area contributed by atoms with Crippen LogP contribution in [0.15, 0.2) is 18.1 Å². The van der Waals surface area contributed by atoms with Gasteiger partial charge in [-0.2, -0.15) is 0 Å². The lowest BCUT2D eigenvalue weighted by Gasteiger charge is -2.09. The molecule has 0 radical (unpaired) electrons. The van der Waals surface area contributed by atoms with Crippen LogP contribution in [0, 0.1) is 20.8 Å². The number of halogens is 3. The Balaban J connectivity index is 3.06. The average Bonchev–Trinajstić information content (AvgIpc) is 2.07. The number of aryl methyl sites for hydroxylation is 3. The van der Waals surface area contributed by atoms with Crippen LogP contribution < -0.4 is 0 Å². The van der Waals surface area contributed by atoms with Gasteiger partial charge in [-0.1, -0.05) is 18.2 Å². The lowest BCUT2D eigenvalue weighted by Crippen LogP contribution is -2.09. The summed E-state index contributed by atoms with van der Waals surface area (Å²) < 4.78 is 36.1. The van der Waals surface area contributed by atoms with E-state index in [1.807, 2.05) is 26.8 Å². The molecule has 1 rings (SSSR count). The van der Waals surface area contributed by atoms with Crippen LogP contribution in [0.25, 0.3) is 6.08 Å². The van der Waals surface area contributed by atoms with Crippen LogP contribution in [-0.2, 0) is 0 Å². The van der Waals surface area contributed by atoms with E-state index in [0.717, 1.165) is 22.8 Å². The van der Waals surface area contributed by atoms with E-state index >= 15 is 0 Å². The molecule has 4 heteroatoms. The molecule has 0 heterocycles. The molecule has 1 aromatic carbocycles. The van der Waals surface area contributed by atoms with Crippen LogP contribution >= 0.6 is 0 Å². The van der Waals surface area contributed by atoms with Crippen LogP contribution in [0.2, 0.25) is 0 Å². The summed E-state index contributed by atoms with van der Waals surface area (Å²) in [6.45, 7) is 0.813. The van der Waals surface area contributed by atoms with Crippen molar-refractivity contribution in [2.24, 2.45) is 0 Å². The molecule has 0 aliphatic rings. The van der Waals surface area contributed by atoms with Crippen LogP contribution in [0.5, 0.6) is 0 Å². The Kier molecular flexibility index (Phi) is 3.27. The third-order valence-electron chi connectivity index (χ3n) is 2.38. The molecule has 0 N–H and O–H groups in total. The highest BCUT2D eigenvalue weighted by Crippen LogP contribution is 2.19. The van der Waals surface area contributed by atoms with E-state index in [9.17, 15) is 12.9 Å². The molecule has 82 valence electrons. The van der Waals surface area contributed by atoms with Crippen molar-refractivity contribution in [1.29, 1.82) is 0 Å². The molecule has 0 nitrogen and oxygen atoms in total. The summed E-state index contributed by atoms with van der Waals surface area (Å²) in [5, 5.41) is 0. The second kappa shape index (κ2) is 4.13. The van der Waals surface area contributed by atoms with Crippen LogP contribution in [0.3, 0.4) is 0 Å². The van der Waals surface area contributed by atoms with Gasteiger partial charge in [-0.15, -0.1) is 5.98 Å². The predicted molar refractivity (Wildman–Crippen MR) is 58.8 cm³/mol. The van der Waals surface area contributed by atoms with Gasteiger partial charge >= 0.3 is 6.98 Å². The third kappa shape index (κ3) is 3.46. The van der Waals surface area contributed by atoms with Gasteiger partial charge in [0.1, 0.15) is 0 Å². The molecule has 0 aliphatic heterocycles. The Bertz CT molecular complexity index is 392. The Labute approximate surface area is 87.9 Å². The molecule has 0 amide bonds. The molecule has 0 aromatic heterocycles. The first-order valence-electron chi connectivity index (χ1n) is 4.76. The molecule has 15 heavy (non-hydrogen) atoms. The fourth-order valence-electron chi connectivity index (χ4n) is 1.38. The zero-order chi connectivity index (χ0) is 11.6. The first kappa shape index (κ1) is 11.9. The van der Waals surface area contributed by atoms with Crippen molar-refractivity contribution < 1.29 is 12.9 Å². The zero-order valence-electron chi connectivity index (χ0n) is 9.02. The molecule has 0 spiro atoms. The Morgan fingerprint density at radius 2 is 1.47 bits per heavy atom. The molecule has 1 aromatic rings. The molecule has 0 atom stereocenters. The highest BCUT2D eigenvalue weighted by molar-refractivity contribution is 6.64. The zero-order valence-corrected chi connectivity index (χ0v) is 9.02. The lowest BCUT2D eigenvalue weighted by atomic mass is 9.89. The quantitative estimate of drug-likeness (QED) is 0.651. The first-order valence-corrected chi connectivity index (χ1v) is 4.76. The van der Waals surface area contributed by atoms with Gasteiger partial charge in [0.05, 0.1) is 0 Å². The maximum Gasteiger partial charge on any atom is 0.502 e. The molecule has 0 unspecified atom stereocenters. The smallest absolute Gasteiger partial charge is 0.445 e. The van der Waals surface area contributed by atoms with E-state index in [1.54, 1.807) is 6.07 Å². The normalized spacial score (nSPS) is 12.4. The summed E-state index contributed by atoms with van der Waals surface area (Å²) in [6, 6.07) is 3.68. The van der Waals surface area contributed by atoms with Crippen LogP contribution in [0.1, 0.15) is 22.3 Å². The highest BCUT2D eigenvalue weighted by atomic mass is 19.4. The van der Waals surface area contributed by atoms with Crippen molar-refractivity contribution in [3.05, 3.63) is 40.4 Å². The summed E-state index contributed by atoms with van der Waals surface area (Å²) >= 11 is 0. The van der Waals surface area contributed by atoms with E-state index in [2.05, 4.69) is 0 Å². The van der Waals surface area contributed by atoms with E-state index < -0.39 is 6.98 Å². The van der Waals surface area contributed by atoms with Crippen molar-refractivity contribution in [1.82, 2.24) is 0 Å². The number of hydrogen-bond acceptors (Lipinski definition) is 0. The number of hydrogen-bond donors (Lipinski definition) is 0. The summed E-state index contributed by atoms with van der Waals surface area (Å²) in [7, 11) is 0. The van der Waals surface area contributed by atoms with Gasteiger partial charge in [-0.05, 0) is 43.0 Å². The van der Waals surface area contributed by atoms with Gasteiger partial charge in [0, 0.05) is 0 Å². The van der Waals surface area contributed by atoms with Gasteiger partial charge in [0.25, 0.3) is 0 Å². The molecule has 0 aliphatic carbocycles. The van der Waals surface area contributed by atoms with Gasteiger partial charge in [-0.3, -0.25) is 0 Å². The minimum absolute atomic E-state index is 0.330. The van der Waals surface area contributed by atoms with Crippen molar-refractivity contribution in [3.63, 3.8) is 0 Å². The van der Waals surface area contributed by atoms with Gasteiger partial charge in [0.2, 0.25) is 0 Å². The molecular weight excluding hydrogens is 200 g/mol. The summed E-state index contributed by atoms with van der Waals surface area (Å²) in [5.41, 5.74) is 3.61. The lowest BCUT2D eigenvalue weighted by molar-refractivity contribution is 0.499. The summed E-state index contributed by atoms with van der Waals surface area (Å²) in [6.07, 6.45) is 1.14. The summed E-state index contributed by atoms with van der Waals surface area (Å²) in [5.74, 6) is 0.330. The van der Waals surface area contributed by atoms with Gasteiger partial charge in [0.15, 0.2) is 0 Å². The monoisotopic (exact) mass is 213 g/mol. The standard InChI is InChI=1S/C11H13BF3/c1-8-6-10(3)11(7-9(8)2)4-5-12(13,14)15/h4-7H,1-3H3/q-1/b5-4+. The van der Waals surface area contributed by atoms with Crippen molar-refractivity contribution >= 4 is 13.1 Å². The minimum Gasteiger partial charge on any atom is -0.445 e. The topological polar surface area (TPSA) is 0 Å². The summed E-state index contributed by atoms with van der Waals surface area (Å²) in [4.78, 5) is 0. The Hall–Kier alpha value is -1.19. The average molecular weight is 213 g/mol. The number of benzene rings is 1. The highest BCUT2D eigenvalue weighted by Gasteiger charge is 2.17. The predicted octanol–water partition coefficient (Wildman–Crippen LogP) is 4.01. The Morgan fingerprint density at radius 3 is 2.00 bits per heavy atom. The molecule has 0 bridgehead atoms. The van der Waals surface area contributed by atoms with E-state index in [0.29, 0.717) is 11.5 Å². The molecular formula is C11H13BF3-. The largest absolute Gasteiger partial charge is 0.502 e. The fourth-order valence-corrected chi connectivity index (χ4v) is 1.38. The van der Waals surface area contributed by atoms with Crippen LogP contribution in [-0.4, -0.2) is 6.98 Å². The molecule has 0 fully saturated rings. The second-order valence-electron chi connectivity index (χ2n) is 3.78. The van der Waals surface area contributed by atoms with E-state index in [4.69, 9.17) is 0 Å². The number of rotatable bonds is 2. The van der Waals surface area contributed by atoms with Crippen LogP contribution in [0.4, 0.5) is 12.9 Å². The second-order valence-corrected chi connectivity index (χ2v) is 3.78.